The first-order valence-electron chi connectivity index (χ1n) is 10.2. The van der Waals surface area contributed by atoms with Gasteiger partial charge in [-0.25, -0.2) is 18.1 Å². The van der Waals surface area contributed by atoms with Crippen LogP contribution in [0.1, 0.15) is 38.1 Å². The summed E-state index contributed by atoms with van der Waals surface area (Å²) < 4.78 is 25.3. The Hall–Kier alpha value is -3.15. The molecule has 1 atom stereocenters. The van der Waals surface area contributed by atoms with Crippen LogP contribution in [0.2, 0.25) is 0 Å². The van der Waals surface area contributed by atoms with Gasteiger partial charge in [0.25, 0.3) is 5.91 Å². The van der Waals surface area contributed by atoms with E-state index in [1.807, 2.05) is 16.8 Å². The number of nitrogens with zero attached hydrogens (tertiary/aromatic N) is 6. The highest BCUT2D eigenvalue weighted by Crippen LogP contribution is 2.36. The average Bonchev–Trinajstić information content (AvgIpc) is 3.36. The highest BCUT2D eigenvalue weighted by atomic mass is 32.2. The van der Waals surface area contributed by atoms with Crippen LogP contribution in [0.3, 0.4) is 0 Å². The minimum Gasteiger partial charge on any atom is -0.321 e. The molecule has 2 aromatic rings. The van der Waals surface area contributed by atoms with Gasteiger partial charge in [0, 0.05) is 24.1 Å². The van der Waals surface area contributed by atoms with Gasteiger partial charge in [-0.2, -0.15) is 5.10 Å². The molecule has 2 aliphatic heterocycles. The van der Waals surface area contributed by atoms with Gasteiger partial charge in [0.05, 0.1) is 23.6 Å². The molecule has 11 nitrogen and oxygen atoms in total. The Kier molecular flexibility index (Phi) is 4.80. The standard InChI is InChI=1S/C19H21N7O4S/c27-17-8-7-16(22-25(17)15-9-10-31(29,30)11-15)19(28)20-13-3-1-12(2-4-13)18-21-23-24-26(18)14-5-6-14/h1-4,14-15H,5-11H2,(H,20,28). The number of sulfone groups is 1. The highest BCUT2D eigenvalue weighted by molar-refractivity contribution is 7.91. The summed E-state index contributed by atoms with van der Waals surface area (Å²) in [6.07, 6.45) is 2.83. The van der Waals surface area contributed by atoms with Crippen LogP contribution in [-0.2, 0) is 19.4 Å². The van der Waals surface area contributed by atoms with Gasteiger partial charge in [0.15, 0.2) is 15.7 Å². The lowest BCUT2D eigenvalue weighted by molar-refractivity contribution is -0.133. The maximum absolute atomic E-state index is 12.7. The number of benzene rings is 1. The van der Waals surface area contributed by atoms with E-state index in [1.54, 1.807) is 12.1 Å². The molecule has 3 aliphatic rings. The fourth-order valence-electron chi connectivity index (χ4n) is 3.84. The minimum atomic E-state index is -3.16. The third-order valence-corrected chi connectivity index (χ3v) is 7.41. The fraction of sp³-hybridized carbons (Fsp3) is 0.474. The molecule has 1 aliphatic carbocycles. The monoisotopic (exact) mass is 443 g/mol. The van der Waals surface area contributed by atoms with E-state index in [1.165, 1.54) is 5.01 Å². The van der Waals surface area contributed by atoms with Gasteiger partial charge in [-0.3, -0.25) is 9.59 Å². The molecule has 1 aromatic heterocycles. The first-order valence-corrected chi connectivity index (χ1v) is 12.0. The first-order chi connectivity index (χ1) is 14.9. The first kappa shape index (κ1) is 19.8. The van der Waals surface area contributed by atoms with Gasteiger partial charge < -0.3 is 5.32 Å². The second-order valence-corrected chi connectivity index (χ2v) is 10.3. The molecule has 1 N–H and O–H groups in total. The van der Waals surface area contributed by atoms with E-state index in [4.69, 9.17) is 0 Å². The van der Waals surface area contributed by atoms with Crippen LogP contribution in [0.5, 0.6) is 0 Å². The quantitative estimate of drug-likeness (QED) is 0.720. The van der Waals surface area contributed by atoms with Crippen LogP contribution in [0.4, 0.5) is 5.69 Å². The molecule has 1 aromatic carbocycles. The molecule has 0 radical (unpaired) electrons. The van der Waals surface area contributed by atoms with Crippen LogP contribution >= 0.6 is 0 Å². The van der Waals surface area contributed by atoms with Gasteiger partial charge in [-0.15, -0.1) is 5.10 Å². The number of amides is 2. The van der Waals surface area contributed by atoms with Crippen molar-refractivity contribution in [1.29, 1.82) is 0 Å². The van der Waals surface area contributed by atoms with Gasteiger partial charge >= 0.3 is 0 Å². The van der Waals surface area contributed by atoms with Crippen LogP contribution < -0.4 is 5.32 Å². The second kappa shape index (κ2) is 7.52. The number of aromatic nitrogens is 4. The van der Waals surface area contributed by atoms with Crippen molar-refractivity contribution in [3.63, 3.8) is 0 Å². The molecule has 2 amide bonds. The lowest BCUT2D eigenvalue weighted by Gasteiger charge is -2.27. The van der Waals surface area contributed by atoms with E-state index in [9.17, 15) is 18.0 Å². The molecule has 12 heteroatoms. The number of carbonyl (C=O) groups is 2. The molecule has 162 valence electrons. The van der Waals surface area contributed by atoms with E-state index in [-0.39, 0.29) is 36.0 Å². The minimum absolute atomic E-state index is 0.0366. The molecule has 1 saturated heterocycles. The second-order valence-electron chi connectivity index (χ2n) is 8.05. The third kappa shape index (κ3) is 4.07. The summed E-state index contributed by atoms with van der Waals surface area (Å²) in [7, 11) is -3.16. The number of nitrogens with one attached hydrogen (secondary N) is 1. The van der Waals surface area contributed by atoms with E-state index in [0.717, 1.165) is 18.4 Å². The van der Waals surface area contributed by atoms with Gasteiger partial charge in [0.1, 0.15) is 5.71 Å². The van der Waals surface area contributed by atoms with Crippen molar-refractivity contribution in [2.45, 2.75) is 44.2 Å². The summed E-state index contributed by atoms with van der Waals surface area (Å²) in [6, 6.07) is 7.04. The SMILES string of the molecule is O=C(Nc1ccc(-c2nnnn2C2CC2)cc1)C1=NN(C2CCS(=O)(=O)C2)C(=O)CC1. The number of rotatable bonds is 5. The molecule has 0 spiro atoms. The molecule has 1 saturated carbocycles. The fourth-order valence-corrected chi connectivity index (χ4v) is 5.53. The zero-order valence-electron chi connectivity index (χ0n) is 16.6. The Labute approximate surface area is 178 Å². The third-order valence-electron chi connectivity index (χ3n) is 5.66. The zero-order valence-corrected chi connectivity index (χ0v) is 17.5. The Morgan fingerprint density at radius 2 is 1.84 bits per heavy atom. The molecular formula is C19H21N7O4S. The van der Waals surface area contributed by atoms with Gasteiger partial charge in [0.2, 0.25) is 5.91 Å². The molecule has 1 unspecified atom stereocenters. The summed E-state index contributed by atoms with van der Waals surface area (Å²) >= 11 is 0. The Morgan fingerprint density at radius 3 is 2.52 bits per heavy atom. The summed E-state index contributed by atoms with van der Waals surface area (Å²) in [5.74, 6) is -0.0450. The Morgan fingerprint density at radius 1 is 1.06 bits per heavy atom. The highest BCUT2D eigenvalue weighted by Gasteiger charge is 2.37. The van der Waals surface area contributed by atoms with Crippen molar-refractivity contribution >= 4 is 33.1 Å². The number of hydrogen-bond donors (Lipinski definition) is 1. The Balaban J connectivity index is 1.29. The van der Waals surface area contributed by atoms with Crippen molar-refractivity contribution in [3.8, 4) is 11.4 Å². The smallest absolute Gasteiger partial charge is 0.271 e. The molecule has 31 heavy (non-hydrogen) atoms. The molecular weight excluding hydrogens is 422 g/mol. The van der Waals surface area contributed by atoms with Crippen molar-refractivity contribution in [2.75, 3.05) is 16.8 Å². The number of hydrogen-bond acceptors (Lipinski definition) is 8. The average molecular weight is 443 g/mol. The maximum atomic E-state index is 12.7. The molecule has 5 rings (SSSR count). The lowest BCUT2D eigenvalue weighted by Crippen LogP contribution is -2.42. The van der Waals surface area contributed by atoms with Crippen LogP contribution in [0.25, 0.3) is 11.4 Å². The predicted molar refractivity (Wildman–Crippen MR) is 111 cm³/mol. The van der Waals surface area contributed by atoms with Gasteiger partial charge in [-0.05, 0) is 54.0 Å². The van der Waals surface area contributed by atoms with Crippen LogP contribution in [0.15, 0.2) is 29.4 Å². The molecule has 3 heterocycles. The maximum Gasteiger partial charge on any atom is 0.271 e. The number of carbonyl (C=O) groups excluding carboxylic acids is 2. The van der Waals surface area contributed by atoms with Crippen molar-refractivity contribution in [2.24, 2.45) is 5.10 Å². The van der Waals surface area contributed by atoms with Crippen molar-refractivity contribution in [3.05, 3.63) is 24.3 Å². The topological polar surface area (TPSA) is 140 Å². The zero-order chi connectivity index (χ0) is 21.6. The van der Waals surface area contributed by atoms with Crippen LogP contribution in [0, 0.1) is 0 Å². The summed E-state index contributed by atoms with van der Waals surface area (Å²) in [5.41, 5.74) is 1.64. The number of anilines is 1. The summed E-state index contributed by atoms with van der Waals surface area (Å²) in [6.45, 7) is 0. The van der Waals surface area contributed by atoms with Gasteiger partial charge in [-0.1, -0.05) is 0 Å². The molecule has 0 bridgehead atoms. The largest absolute Gasteiger partial charge is 0.321 e. The number of hydrazone groups is 1. The normalized spacial score (nSPS) is 23.0. The summed E-state index contributed by atoms with van der Waals surface area (Å²) in [4.78, 5) is 24.9. The number of tetrazole rings is 1. The van der Waals surface area contributed by atoms with Crippen LogP contribution in [-0.4, -0.2) is 68.7 Å². The van der Waals surface area contributed by atoms with E-state index < -0.39 is 21.8 Å². The Bertz CT molecular complexity index is 1170. The van der Waals surface area contributed by atoms with Crippen molar-refractivity contribution < 1.29 is 18.0 Å². The van der Waals surface area contributed by atoms with E-state index in [0.29, 0.717) is 24.0 Å². The van der Waals surface area contributed by atoms with Crippen molar-refractivity contribution in [1.82, 2.24) is 25.2 Å². The predicted octanol–water partition coefficient (Wildman–Crippen LogP) is 0.779. The van der Waals surface area contributed by atoms with E-state index >= 15 is 0 Å². The van der Waals surface area contributed by atoms with E-state index in [2.05, 4.69) is 25.9 Å². The molecule has 2 fully saturated rings. The summed E-state index contributed by atoms with van der Waals surface area (Å²) in [5, 5.41) is 20.1. The lowest BCUT2D eigenvalue weighted by atomic mass is 10.1.